The van der Waals surface area contributed by atoms with Gasteiger partial charge in [0, 0.05) is 36.3 Å². The molecule has 2 N–H and O–H groups in total. The van der Waals surface area contributed by atoms with Crippen LogP contribution in [0.5, 0.6) is 0 Å². The fourth-order valence-corrected chi connectivity index (χ4v) is 3.83. The predicted octanol–water partition coefficient (Wildman–Crippen LogP) is 3.74. The number of hydrogen-bond donors (Lipinski definition) is 2. The molecule has 0 bridgehead atoms. The van der Waals surface area contributed by atoms with Gasteiger partial charge in [0.15, 0.2) is 0 Å². The predicted molar refractivity (Wildman–Crippen MR) is 97.4 cm³/mol. The molecule has 1 aliphatic carbocycles. The maximum absolute atomic E-state index is 12.2. The largest absolute Gasteiger partial charge is 0.354 e. The maximum atomic E-state index is 12.2. The Labute approximate surface area is 147 Å². The van der Waals surface area contributed by atoms with Gasteiger partial charge in [-0.15, -0.1) is 11.3 Å². The Bertz CT molecular complexity index is 689. The number of nitrogens with one attached hydrogen (secondary N) is 2. The van der Waals surface area contributed by atoms with Crippen LogP contribution >= 0.6 is 11.3 Å². The number of aryl methyl sites for hydroxylation is 2. The van der Waals surface area contributed by atoms with Gasteiger partial charge in [-0.3, -0.25) is 0 Å². The average molecular weight is 347 g/mol. The van der Waals surface area contributed by atoms with E-state index in [-0.39, 0.29) is 18.1 Å². The SMILES string of the molecule is C[C@H](CCc1cccn1C)NC(=O)N[C@@H](C)c1csc(C2CC2)n1. The van der Waals surface area contributed by atoms with Crippen molar-refractivity contribution in [1.29, 1.82) is 0 Å². The third kappa shape index (κ3) is 4.38. The summed E-state index contributed by atoms with van der Waals surface area (Å²) < 4.78 is 2.12. The first-order valence-corrected chi connectivity index (χ1v) is 9.53. The summed E-state index contributed by atoms with van der Waals surface area (Å²) in [6.07, 6.45) is 6.44. The van der Waals surface area contributed by atoms with Gasteiger partial charge in [-0.25, -0.2) is 9.78 Å². The molecule has 5 nitrogen and oxygen atoms in total. The summed E-state index contributed by atoms with van der Waals surface area (Å²) >= 11 is 1.71. The Morgan fingerprint density at radius 1 is 1.42 bits per heavy atom. The first-order valence-electron chi connectivity index (χ1n) is 8.65. The Balaban J connectivity index is 1.42. The van der Waals surface area contributed by atoms with E-state index in [1.807, 2.05) is 33.2 Å². The van der Waals surface area contributed by atoms with Gasteiger partial charge < -0.3 is 15.2 Å². The number of carbonyl (C=O) groups excluding carboxylic acids is 1. The third-order valence-electron chi connectivity index (χ3n) is 4.52. The van der Waals surface area contributed by atoms with Crippen molar-refractivity contribution in [3.8, 4) is 0 Å². The first kappa shape index (κ1) is 17.0. The zero-order chi connectivity index (χ0) is 17.1. The molecule has 6 heteroatoms. The number of urea groups is 1. The molecule has 0 radical (unpaired) electrons. The smallest absolute Gasteiger partial charge is 0.315 e. The van der Waals surface area contributed by atoms with Gasteiger partial charge in [-0.1, -0.05) is 0 Å². The van der Waals surface area contributed by atoms with E-state index in [4.69, 9.17) is 0 Å². The zero-order valence-corrected chi connectivity index (χ0v) is 15.4. The summed E-state index contributed by atoms with van der Waals surface area (Å²) in [7, 11) is 2.05. The van der Waals surface area contributed by atoms with E-state index >= 15 is 0 Å². The fourth-order valence-electron chi connectivity index (χ4n) is 2.75. The number of aromatic nitrogens is 2. The molecule has 2 heterocycles. The minimum absolute atomic E-state index is 0.0613. The Morgan fingerprint density at radius 3 is 2.88 bits per heavy atom. The average Bonchev–Trinajstić information content (AvgIpc) is 3.11. The molecular formula is C18H26N4OS. The molecule has 2 aromatic rings. The van der Waals surface area contributed by atoms with Crippen molar-refractivity contribution in [3.63, 3.8) is 0 Å². The molecule has 0 spiro atoms. The minimum Gasteiger partial charge on any atom is -0.354 e. The molecule has 2 aromatic heterocycles. The quantitative estimate of drug-likeness (QED) is 0.802. The van der Waals surface area contributed by atoms with Crippen molar-refractivity contribution in [2.45, 2.75) is 57.5 Å². The number of nitrogens with zero attached hydrogens (tertiary/aromatic N) is 2. The van der Waals surface area contributed by atoms with Crippen molar-refractivity contribution >= 4 is 17.4 Å². The van der Waals surface area contributed by atoms with Gasteiger partial charge in [0.1, 0.15) is 0 Å². The van der Waals surface area contributed by atoms with Crippen LogP contribution in [-0.2, 0) is 13.5 Å². The van der Waals surface area contributed by atoms with Crippen LogP contribution in [-0.4, -0.2) is 21.6 Å². The summed E-state index contributed by atoms with van der Waals surface area (Å²) in [5.74, 6) is 0.669. The van der Waals surface area contributed by atoms with E-state index in [2.05, 4.69) is 31.6 Å². The standard InChI is InChI=1S/C18H26N4OS/c1-12(6-9-15-5-4-10-22(15)3)19-18(23)20-13(2)16-11-24-17(21-16)14-7-8-14/h4-5,10-14H,6-9H2,1-3H3,(H2,19,20,23)/t12-,13+/m1/s1. The molecule has 0 aliphatic heterocycles. The maximum Gasteiger partial charge on any atom is 0.315 e. The third-order valence-corrected chi connectivity index (χ3v) is 5.55. The second-order valence-corrected chi connectivity index (χ2v) is 7.66. The molecule has 1 aliphatic rings. The van der Waals surface area contributed by atoms with Crippen molar-refractivity contribution in [1.82, 2.24) is 20.2 Å². The molecule has 2 atom stereocenters. The molecule has 0 aromatic carbocycles. The lowest BCUT2D eigenvalue weighted by atomic mass is 10.1. The Hall–Kier alpha value is -1.82. The monoisotopic (exact) mass is 346 g/mol. The minimum atomic E-state index is -0.122. The van der Waals surface area contributed by atoms with Crippen molar-refractivity contribution < 1.29 is 4.79 Å². The van der Waals surface area contributed by atoms with Crippen molar-refractivity contribution in [2.75, 3.05) is 0 Å². The highest BCUT2D eigenvalue weighted by molar-refractivity contribution is 7.09. The van der Waals surface area contributed by atoms with Gasteiger partial charge in [0.25, 0.3) is 0 Å². The normalized spacial score (nSPS) is 16.6. The van der Waals surface area contributed by atoms with Gasteiger partial charge in [0.05, 0.1) is 16.7 Å². The van der Waals surface area contributed by atoms with Crippen LogP contribution < -0.4 is 10.6 Å². The van der Waals surface area contributed by atoms with Crippen LogP contribution in [0.4, 0.5) is 4.79 Å². The topological polar surface area (TPSA) is 59.0 Å². The molecule has 1 saturated carbocycles. The lowest BCUT2D eigenvalue weighted by molar-refractivity contribution is 0.234. The molecular weight excluding hydrogens is 320 g/mol. The lowest BCUT2D eigenvalue weighted by Crippen LogP contribution is -2.42. The molecule has 0 saturated heterocycles. The molecule has 3 rings (SSSR count). The highest BCUT2D eigenvalue weighted by atomic mass is 32.1. The van der Waals surface area contributed by atoms with Crippen LogP contribution in [0.1, 0.15) is 61.5 Å². The van der Waals surface area contributed by atoms with E-state index in [1.54, 1.807) is 11.3 Å². The van der Waals surface area contributed by atoms with Crippen LogP contribution in [0.2, 0.25) is 0 Å². The summed E-state index contributed by atoms with van der Waals surface area (Å²) in [5, 5.41) is 9.30. The summed E-state index contributed by atoms with van der Waals surface area (Å²) in [4.78, 5) is 16.8. The molecule has 2 amide bonds. The Morgan fingerprint density at radius 2 is 2.21 bits per heavy atom. The van der Waals surface area contributed by atoms with Crippen molar-refractivity contribution in [3.05, 3.63) is 40.1 Å². The summed E-state index contributed by atoms with van der Waals surface area (Å²) in [5.41, 5.74) is 2.25. The van der Waals surface area contributed by atoms with E-state index in [0.29, 0.717) is 5.92 Å². The second kappa shape index (κ2) is 7.38. The van der Waals surface area contributed by atoms with Crippen LogP contribution in [0.25, 0.3) is 0 Å². The van der Waals surface area contributed by atoms with Crippen LogP contribution in [0.3, 0.4) is 0 Å². The van der Waals surface area contributed by atoms with Crippen molar-refractivity contribution in [2.24, 2.45) is 7.05 Å². The lowest BCUT2D eigenvalue weighted by Gasteiger charge is -2.17. The number of rotatable bonds is 7. The summed E-state index contributed by atoms with van der Waals surface area (Å²) in [6.45, 7) is 4.03. The number of amides is 2. The summed E-state index contributed by atoms with van der Waals surface area (Å²) in [6, 6.07) is 4.11. The van der Waals surface area contributed by atoms with Gasteiger partial charge in [-0.2, -0.15) is 0 Å². The van der Waals surface area contributed by atoms with Gasteiger partial charge in [0.2, 0.25) is 0 Å². The van der Waals surface area contributed by atoms with Gasteiger partial charge in [-0.05, 0) is 51.7 Å². The Kier molecular flexibility index (Phi) is 5.23. The number of hydrogen-bond acceptors (Lipinski definition) is 3. The zero-order valence-electron chi connectivity index (χ0n) is 14.6. The van der Waals surface area contributed by atoms with E-state index in [0.717, 1.165) is 18.5 Å². The van der Waals surface area contributed by atoms with Crippen LogP contribution in [0, 0.1) is 0 Å². The van der Waals surface area contributed by atoms with Crippen LogP contribution in [0.15, 0.2) is 23.7 Å². The second-order valence-electron chi connectivity index (χ2n) is 6.77. The molecule has 24 heavy (non-hydrogen) atoms. The molecule has 130 valence electrons. The number of carbonyl (C=O) groups is 1. The number of thiazole rings is 1. The molecule has 1 fully saturated rings. The van der Waals surface area contributed by atoms with E-state index < -0.39 is 0 Å². The first-order chi connectivity index (χ1) is 11.5. The fraction of sp³-hybridized carbons (Fsp3) is 0.556. The highest BCUT2D eigenvalue weighted by Crippen LogP contribution is 2.41. The van der Waals surface area contributed by atoms with E-state index in [1.165, 1.54) is 23.5 Å². The van der Waals surface area contributed by atoms with Gasteiger partial charge >= 0.3 is 6.03 Å². The molecule has 0 unspecified atom stereocenters. The van der Waals surface area contributed by atoms with E-state index in [9.17, 15) is 4.79 Å². The highest BCUT2D eigenvalue weighted by Gasteiger charge is 2.27.